The summed E-state index contributed by atoms with van der Waals surface area (Å²) < 4.78 is 18.6. The van der Waals surface area contributed by atoms with Gasteiger partial charge in [0.25, 0.3) is 0 Å². The highest BCUT2D eigenvalue weighted by atomic mass is 19.1. The topological polar surface area (TPSA) is 26.3 Å². The number of ketones is 1. The molecule has 0 saturated heterocycles. The van der Waals surface area contributed by atoms with Crippen LogP contribution in [-0.2, 0) is 0 Å². The number of carbonyl (C=O) groups is 1. The molecule has 1 aromatic carbocycles. The normalized spacial score (nSPS) is 38.1. The second-order valence-corrected chi connectivity index (χ2v) is 6.23. The Bertz CT molecular complexity index is 538. The van der Waals surface area contributed by atoms with Crippen molar-refractivity contribution in [2.45, 2.75) is 19.3 Å². The van der Waals surface area contributed by atoms with E-state index < -0.39 is 5.82 Å². The fourth-order valence-corrected chi connectivity index (χ4v) is 4.69. The van der Waals surface area contributed by atoms with Gasteiger partial charge in [0, 0.05) is 11.5 Å². The van der Waals surface area contributed by atoms with E-state index in [0.29, 0.717) is 17.4 Å². The van der Waals surface area contributed by atoms with Crippen LogP contribution in [0, 0.1) is 35.4 Å². The molecule has 1 aromatic rings. The quantitative estimate of drug-likeness (QED) is 0.779. The fourth-order valence-electron chi connectivity index (χ4n) is 4.69. The Balaban J connectivity index is 1.57. The molecule has 0 amide bonds. The minimum atomic E-state index is -0.442. The minimum Gasteiger partial charge on any atom is -0.494 e. The molecule has 0 heterocycles. The summed E-state index contributed by atoms with van der Waals surface area (Å²) in [5, 5.41) is 0. The van der Waals surface area contributed by atoms with E-state index in [-0.39, 0.29) is 17.5 Å². The van der Waals surface area contributed by atoms with Crippen molar-refractivity contribution in [2.24, 2.45) is 29.6 Å². The van der Waals surface area contributed by atoms with Gasteiger partial charge in [0.1, 0.15) is 0 Å². The third-order valence-corrected chi connectivity index (χ3v) is 5.47. The number of hydrogen-bond acceptors (Lipinski definition) is 2. The van der Waals surface area contributed by atoms with E-state index in [1.165, 1.54) is 32.4 Å². The zero-order chi connectivity index (χ0) is 13.1. The van der Waals surface area contributed by atoms with Crippen molar-refractivity contribution < 1.29 is 13.9 Å². The lowest BCUT2D eigenvalue weighted by Crippen LogP contribution is -2.10. The summed E-state index contributed by atoms with van der Waals surface area (Å²) in [7, 11) is 1.43. The number of halogens is 1. The van der Waals surface area contributed by atoms with E-state index in [1.54, 1.807) is 12.1 Å². The van der Waals surface area contributed by atoms with Crippen molar-refractivity contribution in [1.82, 2.24) is 0 Å². The first-order chi connectivity index (χ1) is 9.20. The van der Waals surface area contributed by atoms with Gasteiger partial charge in [0.15, 0.2) is 17.3 Å². The number of hydrogen-bond donors (Lipinski definition) is 0. The summed E-state index contributed by atoms with van der Waals surface area (Å²) in [4.78, 5) is 12.5. The van der Waals surface area contributed by atoms with Gasteiger partial charge in [-0.05, 0) is 61.1 Å². The van der Waals surface area contributed by atoms with Gasteiger partial charge < -0.3 is 4.74 Å². The first-order valence-electron chi connectivity index (χ1n) is 7.08. The van der Waals surface area contributed by atoms with Crippen LogP contribution in [0.5, 0.6) is 5.75 Å². The zero-order valence-electron chi connectivity index (χ0n) is 10.9. The Labute approximate surface area is 112 Å². The Morgan fingerprint density at radius 2 is 1.95 bits per heavy atom. The second kappa shape index (κ2) is 3.81. The third kappa shape index (κ3) is 1.50. The number of carbonyl (C=O) groups excluding carboxylic acids is 1. The van der Waals surface area contributed by atoms with Gasteiger partial charge in [-0.15, -0.1) is 0 Å². The van der Waals surface area contributed by atoms with Gasteiger partial charge in [-0.3, -0.25) is 4.79 Å². The largest absolute Gasteiger partial charge is 0.494 e. The van der Waals surface area contributed by atoms with Crippen molar-refractivity contribution >= 4 is 5.78 Å². The molecule has 100 valence electrons. The molecule has 3 heteroatoms. The Morgan fingerprint density at radius 1 is 1.26 bits per heavy atom. The van der Waals surface area contributed by atoms with Crippen LogP contribution >= 0.6 is 0 Å². The van der Waals surface area contributed by atoms with Gasteiger partial charge in [0.2, 0.25) is 0 Å². The standard InChI is InChI=1S/C16H17FO2/c1-19-12-5-4-10(7-11(12)17)16(18)15-13-8-2-3-9(6-8)14(13)15/h4-5,7-9,13-15H,2-3,6H2,1H3. The van der Waals surface area contributed by atoms with Crippen LogP contribution in [-0.4, -0.2) is 12.9 Å². The summed E-state index contributed by atoms with van der Waals surface area (Å²) in [5.41, 5.74) is 0.511. The molecule has 2 nitrogen and oxygen atoms in total. The number of Topliss-reactive ketones (excluding diaryl/α,β-unsaturated/α-hetero) is 1. The molecule has 0 spiro atoms. The summed E-state index contributed by atoms with van der Waals surface area (Å²) in [5.74, 6) is 2.84. The predicted octanol–water partition coefficient (Wildman–Crippen LogP) is 3.31. The van der Waals surface area contributed by atoms with E-state index in [4.69, 9.17) is 4.74 Å². The highest BCUT2D eigenvalue weighted by Crippen LogP contribution is 2.69. The van der Waals surface area contributed by atoms with E-state index in [0.717, 1.165) is 11.8 Å². The van der Waals surface area contributed by atoms with Crippen LogP contribution in [0.25, 0.3) is 0 Å². The number of benzene rings is 1. The monoisotopic (exact) mass is 260 g/mol. The molecular weight excluding hydrogens is 243 g/mol. The molecule has 3 aliphatic rings. The molecule has 19 heavy (non-hydrogen) atoms. The molecule has 4 rings (SSSR count). The van der Waals surface area contributed by atoms with Crippen LogP contribution < -0.4 is 4.74 Å². The lowest BCUT2D eigenvalue weighted by molar-refractivity contribution is 0.0944. The van der Waals surface area contributed by atoms with Gasteiger partial charge in [0.05, 0.1) is 7.11 Å². The van der Waals surface area contributed by atoms with Crippen LogP contribution in [0.1, 0.15) is 29.6 Å². The lowest BCUT2D eigenvalue weighted by Gasteiger charge is -2.09. The Kier molecular flexibility index (Phi) is 2.30. The van der Waals surface area contributed by atoms with E-state index in [2.05, 4.69) is 0 Å². The molecule has 0 radical (unpaired) electrons. The minimum absolute atomic E-state index is 0.146. The first-order valence-corrected chi connectivity index (χ1v) is 7.08. The average molecular weight is 260 g/mol. The molecule has 3 fully saturated rings. The molecule has 2 bridgehead atoms. The highest BCUT2D eigenvalue weighted by Gasteiger charge is 2.67. The number of rotatable bonds is 3. The fraction of sp³-hybridized carbons (Fsp3) is 0.562. The van der Waals surface area contributed by atoms with Crippen molar-refractivity contribution in [3.63, 3.8) is 0 Å². The zero-order valence-corrected chi connectivity index (χ0v) is 10.9. The SMILES string of the molecule is COc1ccc(C(=O)C2C3C4CCC(C4)C23)cc1F. The smallest absolute Gasteiger partial charge is 0.166 e. The maximum absolute atomic E-state index is 13.7. The van der Waals surface area contributed by atoms with E-state index in [9.17, 15) is 9.18 Å². The van der Waals surface area contributed by atoms with Gasteiger partial charge in [-0.25, -0.2) is 4.39 Å². The third-order valence-electron chi connectivity index (χ3n) is 5.47. The first kappa shape index (κ1) is 11.4. The van der Waals surface area contributed by atoms with Crippen molar-refractivity contribution in [3.8, 4) is 5.75 Å². The van der Waals surface area contributed by atoms with E-state index in [1.807, 2.05) is 0 Å². The van der Waals surface area contributed by atoms with Gasteiger partial charge >= 0.3 is 0 Å². The second-order valence-electron chi connectivity index (χ2n) is 6.23. The summed E-state index contributed by atoms with van der Waals surface area (Å²) in [6.45, 7) is 0. The van der Waals surface area contributed by atoms with Gasteiger partial charge in [-0.2, -0.15) is 0 Å². The van der Waals surface area contributed by atoms with Crippen LogP contribution in [0.3, 0.4) is 0 Å². The number of ether oxygens (including phenoxy) is 1. The maximum atomic E-state index is 13.7. The van der Waals surface area contributed by atoms with Gasteiger partial charge in [-0.1, -0.05) is 0 Å². The molecule has 4 unspecified atom stereocenters. The van der Waals surface area contributed by atoms with Crippen LogP contribution in [0.4, 0.5) is 4.39 Å². The van der Waals surface area contributed by atoms with Crippen LogP contribution in [0.2, 0.25) is 0 Å². The van der Waals surface area contributed by atoms with Crippen molar-refractivity contribution in [1.29, 1.82) is 0 Å². The Hall–Kier alpha value is -1.38. The summed E-state index contributed by atoms with van der Waals surface area (Å²) in [6, 6.07) is 4.58. The van der Waals surface area contributed by atoms with Crippen molar-refractivity contribution in [3.05, 3.63) is 29.6 Å². The molecular formula is C16H17FO2. The summed E-state index contributed by atoms with van der Waals surface area (Å²) >= 11 is 0. The Morgan fingerprint density at radius 3 is 2.53 bits per heavy atom. The lowest BCUT2D eigenvalue weighted by atomic mass is 9.96. The van der Waals surface area contributed by atoms with Crippen molar-refractivity contribution in [2.75, 3.05) is 7.11 Å². The molecule has 3 saturated carbocycles. The average Bonchev–Trinajstić information content (AvgIpc) is 2.85. The molecule has 0 N–H and O–H groups in total. The highest BCUT2D eigenvalue weighted by molar-refractivity contribution is 6.00. The summed E-state index contributed by atoms with van der Waals surface area (Å²) in [6.07, 6.45) is 3.93. The number of methoxy groups -OCH3 is 1. The number of fused-ring (bicyclic) bond motifs is 5. The molecule has 3 aliphatic carbocycles. The molecule has 4 atom stereocenters. The molecule has 0 aromatic heterocycles. The predicted molar refractivity (Wildman–Crippen MR) is 68.6 cm³/mol. The maximum Gasteiger partial charge on any atom is 0.166 e. The van der Waals surface area contributed by atoms with E-state index >= 15 is 0 Å². The molecule has 0 aliphatic heterocycles. The van der Waals surface area contributed by atoms with Crippen LogP contribution in [0.15, 0.2) is 18.2 Å².